The number of anilines is 1. The molecule has 0 unspecified atom stereocenters. The number of hydrogen-bond donors (Lipinski definition) is 1. The highest BCUT2D eigenvalue weighted by molar-refractivity contribution is 6.33. The molecule has 0 spiro atoms. The third kappa shape index (κ3) is 4.35. The molecule has 0 aromatic heterocycles. The minimum atomic E-state index is -0.446. The molecule has 1 aliphatic carbocycles. The van der Waals surface area contributed by atoms with Crippen LogP contribution in [0, 0.1) is 5.82 Å². The number of benzene rings is 1. The van der Waals surface area contributed by atoms with Gasteiger partial charge < -0.3 is 15.5 Å². The molecule has 8 heteroatoms. The molecule has 1 saturated heterocycles. The van der Waals surface area contributed by atoms with Gasteiger partial charge in [-0.25, -0.2) is 4.39 Å². The summed E-state index contributed by atoms with van der Waals surface area (Å²) in [6.07, 6.45) is 2.36. The van der Waals surface area contributed by atoms with Gasteiger partial charge in [0, 0.05) is 38.8 Å². The number of amides is 1. The number of aliphatic imine (C=N–C) groups is 1. The summed E-state index contributed by atoms with van der Waals surface area (Å²) < 4.78 is 13.7. The van der Waals surface area contributed by atoms with Crippen molar-refractivity contribution in [2.45, 2.75) is 26.2 Å². The van der Waals surface area contributed by atoms with Crippen molar-refractivity contribution >= 4 is 34.7 Å². The fourth-order valence-corrected chi connectivity index (χ4v) is 3.85. The van der Waals surface area contributed by atoms with Gasteiger partial charge in [0.1, 0.15) is 12.4 Å². The molecule has 0 atom stereocenters. The minimum Gasteiger partial charge on any atom is -0.396 e. The average Bonchev–Trinajstić information content (AvgIpc) is 3.16. The van der Waals surface area contributed by atoms with Gasteiger partial charge in [0.25, 0.3) is 0 Å². The maximum Gasteiger partial charge on any atom is 0.244 e. The summed E-state index contributed by atoms with van der Waals surface area (Å²) in [6.45, 7) is 3.68. The lowest BCUT2D eigenvalue weighted by Crippen LogP contribution is -2.49. The number of Topliss-reactive ketones (excluding diaryl/α,β-unsaturated/α-hetero) is 1. The van der Waals surface area contributed by atoms with Gasteiger partial charge in [-0.1, -0.05) is 17.7 Å². The van der Waals surface area contributed by atoms with E-state index in [1.807, 2.05) is 4.90 Å². The van der Waals surface area contributed by atoms with Crippen molar-refractivity contribution in [1.29, 1.82) is 0 Å². The predicted molar refractivity (Wildman–Crippen MR) is 108 cm³/mol. The van der Waals surface area contributed by atoms with Crippen molar-refractivity contribution in [3.05, 3.63) is 40.3 Å². The van der Waals surface area contributed by atoms with Crippen LogP contribution in [0.15, 0.2) is 34.5 Å². The first-order valence-electron chi connectivity index (χ1n) is 9.38. The fourth-order valence-electron chi connectivity index (χ4n) is 3.60. The average molecular weight is 407 g/mol. The van der Waals surface area contributed by atoms with E-state index in [1.165, 1.54) is 13.0 Å². The Morgan fingerprint density at radius 2 is 1.93 bits per heavy atom. The molecule has 1 heterocycles. The second-order valence-electron chi connectivity index (χ2n) is 7.01. The van der Waals surface area contributed by atoms with Crippen LogP contribution < -0.4 is 10.6 Å². The summed E-state index contributed by atoms with van der Waals surface area (Å²) >= 11 is 6.06. The van der Waals surface area contributed by atoms with Crippen molar-refractivity contribution in [2.75, 3.05) is 37.6 Å². The Labute approximate surface area is 168 Å². The Balaban J connectivity index is 1.59. The zero-order valence-corrected chi connectivity index (χ0v) is 16.6. The minimum absolute atomic E-state index is 0.0464. The highest BCUT2D eigenvalue weighted by Gasteiger charge is 2.24. The molecule has 1 amide bonds. The molecule has 150 valence electrons. The van der Waals surface area contributed by atoms with Gasteiger partial charge in [0.15, 0.2) is 5.78 Å². The van der Waals surface area contributed by atoms with Crippen LogP contribution in [0.2, 0.25) is 5.02 Å². The monoisotopic (exact) mass is 406 g/mol. The van der Waals surface area contributed by atoms with Crippen LogP contribution in [-0.2, 0) is 9.59 Å². The number of carbonyl (C=O) groups is 2. The van der Waals surface area contributed by atoms with Crippen molar-refractivity contribution in [3.63, 3.8) is 0 Å². The third-order valence-corrected chi connectivity index (χ3v) is 5.58. The van der Waals surface area contributed by atoms with Gasteiger partial charge >= 0.3 is 0 Å². The molecular formula is C20H24ClFN4O2. The van der Waals surface area contributed by atoms with E-state index in [0.29, 0.717) is 31.9 Å². The van der Waals surface area contributed by atoms with Crippen LogP contribution in [0.1, 0.15) is 26.2 Å². The molecule has 6 nitrogen and oxygen atoms in total. The first-order valence-corrected chi connectivity index (χ1v) is 9.76. The number of hydrogen-bond acceptors (Lipinski definition) is 5. The molecule has 1 saturated carbocycles. The van der Waals surface area contributed by atoms with Gasteiger partial charge in [-0.3, -0.25) is 14.6 Å². The summed E-state index contributed by atoms with van der Waals surface area (Å²) in [7, 11) is 0. The number of piperazine rings is 1. The fraction of sp³-hybridized carbons (Fsp3) is 0.450. The van der Waals surface area contributed by atoms with Crippen LogP contribution in [0.25, 0.3) is 0 Å². The molecule has 1 aliphatic heterocycles. The lowest BCUT2D eigenvalue weighted by Gasteiger charge is -2.36. The quantitative estimate of drug-likeness (QED) is 0.779. The summed E-state index contributed by atoms with van der Waals surface area (Å²) in [5, 5.41) is 0.109. The number of nitrogens with zero attached hydrogens (tertiary/aromatic N) is 3. The van der Waals surface area contributed by atoms with Crippen molar-refractivity contribution in [1.82, 2.24) is 4.90 Å². The Bertz CT molecular complexity index is 845. The van der Waals surface area contributed by atoms with E-state index >= 15 is 0 Å². The highest BCUT2D eigenvalue weighted by atomic mass is 35.5. The number of rotatable bonds is 4. The van der Waals surface area contributed by atoms with E-state index in [2.05, 4.69) is 4.99 Å². The number of halogens is 2. The van der Waals surface area contributed by atoms with E-state index < -0.39 is 5.82 Å². The molecule has 1 aromatic carbocycles. The second-order valence-corrected chi connectivity index (χ2v) is 7.38. The van der Waals surface area contributed by atoms with Crippen LogP contribution in [0.3, 0.4) is 0 Å². The zero-order valence-electron chi connectivity index (χ0n) is 15.9. The SMILES string of the molecule is CC(=O)C(N)=C1CCCC1=NCC(=O)N1CCN(c2cccc(F)c2Cl)CC1. The smallest absolute Gasteiger partial charge is 0.244 e. The number of carbonyl (C=O) groups excluding carboxylic acids is 2. The molecule has 2 N–H and O–H groups in total. The van der Waals surface area contributed by atoms with Crippen molar-refractivity contribution in [3.8, 4) is 0 Å². The molecule has 2 aliphatic rings. The lowest BCUT2D eigenvalue weighted by molar-refractivity contribution is -0.129. The van der Waals surface area contributed by atoms with E-state index in [-0.39, 0.29) is 29.0 Å². The first-order chi connectivity index (χ1) is 13.4. The van der Waals surface area contributed by atoms with Gasteiger partial charge in [-0.05, 0) is 37.0 Å². The number of nitrogens with two attached hydrogens (primary N) is 1. The van der Waals surface area contributed by atoms with E-state index in [9.17, 15) is 14.0 Å². The lowest BCUT2D eigenvalue weighted by atomic mass is 10.1. The Morgan fingerprint density at radius 3 is 2.61 bits per heavy atom. The predicted octanol–water partition coefficient (Wildman–Crippen LogP) is 2.55. The summed E-state index contributed by atoms with van der Waals surface area (Å²) in [4.78, 5) is 32.2. The number of ketones is 1. The van der Waals surface area contributed by atoms with Crippen LogP contribution >= 0.6 is 11.6 Å². The molecule has 28 heavy (non-hydrogen) atoms. The van der Waals surface area contributed by atoms with Gasteiger partial charge in [-0.15, -0.1) is 0 Å². The zero-order chi connectivity index (χ0) is 20.3. The largest absolute Gasteiger partial charge is 0.396 e. The number of allylic oxidation sites excluding steroid dienone is 2. The van der Waals surface area contributed by atoms with Gasteiger partial charge in [0.2, 0.25) is 5.91 Å². The maximum atomic E-state index is 13.7. The Hall–Kier alpha value is -2.41. The van der Waals surface area contributed by atoms with Crippen molar-refractivity contribution < 1.29 is 14.0 Å². The second kappa shape index (κ2) is 8.73. The summed E-state index contributed by atoms with van der Waals surface area (Å²) in [6, 6.07) is 4.74. The third-order valence-electron chi connectivity index (χ3n) is 5.20. The molecule has 1 aromatic rings. The molecule has 2 fully saturated rings. The molecule has 0 radical (unpaired) electrons. The van der Waals surface area contributed by atoms with Crippen LogP contribution in [0.5, 0.6) is 0 Å². The Kier molecular flexibility index (Phi) is 6.34. The summed E-state index contributed by atoms with van der Waals surface area (Å²) in [5.74, 6) is -0.674. The summed E-state index contributed by atoms with van der Waals surface area (Å²) in [5.41, 5.74) is 8.32. The Morgan fingerprint density at radius 1 is 1.21 bits per heavy atom. The molecule has 0 bridgehead atoms. The van der Waals surface area contributed by atoms with Crippen LogP contribution in [-0.4, -0.2) is 55.0 Å². The van der Waals surface area contributed by atoms with Gasteiger partial charge in [0.05, 0.1) is 16.4 Å². The van der Waals surface area contributed by atoms with E-state index in [1.54, 1.807) is 17.0 Å². The maximum absolute atomic E-state index is 13.7. The molecule has 3 rings (SSSR count). The van der Waals surface area contributed by atoms with E-state index in [0.717, 1.165) is 30.5 Å². The highest BCUT2D eigenvalue weighted by Crippen LogP contribution is 2.29. The normalized spacial score (nSPS) is 20.6. The van der Waals surface area contributed by atoms with Crippen molar-refractivity contribution in [2.24, 2.45) is 10.7 Å². The topological polar surface area (TPSA) is 79.0 Å². The van der Waals surface area contributed by atoms with Gasteiger partial charge in [-0.2, -0.15) is 0 Å². The van der Waals surface area contributed by atoms with Crippen LogP contribution in [0.4, 0.5) is 10.1 Å². The first kappa shape index (κ1) is 20.3. The standard InChI is InChI=1S/C20H24ClFN4O2/c1-13(27)20(23)14-4-2-6-16(14)24-12-18(28)26-10-8-25(9-11-26)17-7-3-5-15(22)19(17)21/h3,5,7H,2,4,6,8-12,23H2,1H3. The molecular weight excluding hydrogens is 383 g/mol. The van der Waals surface area contributed by atoms with E-state index in [4.69, 9.17) is 17.3 Å².